The normalized spacial score (nSPS) is 41.6. The fourth-order valence-corrected chi connectivity index (χ4v) is 7.72. The molecule has 8 unspecified atom stereocenters. The van der Waals surface area contributed by atoms with Crippen LogP contribution in [0.25, 0.3) is 0 Å². The number of nitrogens with zero attached hydrogens (tertiary/aromatic N) is 1. The molecule has 1 saturated carbocycles. The summed E-state index contributed by atoms with van der Waals surface area (Å²) in [5.41, 5.74) is -0.175. The van der Waals surface area contributed by atoms with Crippen LogP contribution in [-0.4, -0.2) is 84.5 Å². The Morgan fingerprint density at radius 3 is 2.61 bits per heavy atom. The van der Waals surface area contributed by atoms with Crippen LogP contribution in [0.5, 0.6) is 0 Å². The van der Waals surface area contributed by atoms with Gasteiger partial charge < -0.3 is 20.3 Å². The van der Waals surface area contributed by atoms with Crippen LogP contribution >= 0.6 is 11.8 Å². The molecule has 0 bridgehead atoms. The zero-order chi connectivity index (χ0) is 23.1. The molecule has 0 aromatic carbocycles. The van der Waals surface area contributed by atoms with Crippen molar-refractivity contribution in [1.29, 1.82) is 0 Å². The van der Waals surface area contributed by atoms with Crippen LogP contribution in [0.3, 0.4) is 0 Å². The van der Waals surface area contributed by atoms with E-state index >= 15 is 0 Å². The average molecular weight is 491 g/mol. The van der Waals surface area contributed by atoms with E-state index in [0.29, 0.717) is 32.7 Å². The van der Waals surface area contributed by atoms with Crippen molar-refractivity contribution in [2.45, 2.75) is 80.0 Å². The molecule has 8 atom stereocenters. The highest BCUT2D eigenvalue weighted by Crippen LogP contribution is 2.42. The molecule has 5 aliphatic rings. The maximum Gasteiger partial charge on any atom is 0.241 e. The molecule has 4 heterocycles. The summed E-state index contributed by atoms with van der Waals surface area (Å²) in [5.74, 6) is -1.37. The van der Waals surface area contributed by atoms with E-state index in [1.54, 1.807) is 11.8 Å². The van der Waals surface area contributed by atoms with Gasteiger partial charge in [-0.1, -0.05) is 0 Å². The molecule has 0 radical (unpaired) electrons. The van der Waals surface area contributed by atoms with Crippen molar-refractivity contribution < 1.29 is 27.5 Å². The van der Waals surface area contributed by atoms with E-state index < -0.39 is 24.6 Å². The van der Waals surface area contributed by atoms with Gasteiger partial charge >= 0.3 is 0 Å². The minimum atomic E-state index is -2.56. The van der Waals surface area contributed by atoms with Crippen LogP contribution in [0.4, 0.5) is 13.2 Å². The van der Waals surface area contributed by atoms with Gasteiger partial charge in [-0.05, 0) is 44.4 Å². The maximum atomic E-state index is 14.0. The van der Waals surface area contributed by atoms with Gasteiger partial charge in [0.25, 0.3) is 0 Å². The average Bonchev–Trinajstić information content (AvgIpc) is 3.41. The lowest BCUT2D eigenvalue weighted by Gasteiger charge is -2.35. The smallest absolute Gasteiger partial charge is 0.241 e. The Bertz CT molecular complexity index is 744. The number of likely N-dealkylation sites (tertiary alicyclic amines) is 1. The molecular formula is C22H33F3N4O3S. The van der Waals surface area contributed by atoms with E-state index in [0.717, 1.165) is 19.3 Å². The molecule has 186 valence electrons. The molecule has 5 fully saturated rings. The highest BCUT2D eigenvalue weighted by molar-refractivity contribution is 8.00. The lowest BCUT2D eigenvalue weighted by molar-refractivity contribution is -0.134. The molecule has 5 rings (SSSR count). The van der Waals surface area contributed by atoms with Crippen molar-refractivity contribution in [3.8, 4) is 0 Å². The summed E-state index contributed by atoms with van der Waals surface area (Å²) in [5, 5.41) is 9.91. The van der Waals surface area contributed by atoms with Crippen LogP contribution in [0.1, 0.15) is 38.5 Å². The fraction of sp³-hybridized carbons (Fsp3) is 0.909. The summed E-state index contributed by atoms with van der Waals surface area (Å²) in [6.07, 6.45) is -1.10. The number of hydrogen-bond donors (Lipinski definition) is 3. The first-order valence-electron chi connectivity index (χ1n) is 12.2. The highest BCUT2D eigenvalue weighted by atomic mass is 32.2. The molecule has 0 spiro atoms. The Labute approximate surface area is 196 Å². The van der Waals surface area contributed by atoms with Crippen molar-refractivity contribution in [2.75, 3.05) is 26.3 Å². The number of alkyl halides is 3. The van der Waals surface area contributed by atoms with E-state index in [2.05, 4.69) is 16.0 Å². The summed E-state index contributed by atoms with van der Waals surface area (Å²) in [6, 6.07) is -0.660. The number of piperidine rings is 1. The third-order valence-electron chi connectivity index (χ3n) is 8.06. The standard InChI is InChI=1S/C22H33F3N4O3S/c23-12-7-14(19(24)25)13-9-17(26-16(13)8-12)21(31)29-4-1-15-18(10-29)33-22(27-15)28-20(30)11-2-5-32-6-3-11/h11-19,22,26-27H,1-10H2,(H,28,30). The first-order chi connectivity index (χ1) is 15.9. The minimum Gasteiger partial charge on any atom is -0.381 e. The van der Waals surface area contributed by atoms with Gasteiger partial charge in [0, 0.05) is 55.5 Å². The molecule has 1 aliphatic carbocycles. The number of halogens is 3. The second-order valence-corrected chi connectivity index (χ2v) is 11.4. The monoisotopic (exact) mass is 490 g/mol. The molecule has 4 saturated heterocycles. The van der Waals surface area contributed by atoms with Gasteiger partial charge in [0.2, 0.25) is 18.2 Å². The van der Waals surface area contributed by atoms with Crippen molar-refractivity contribution in [2.24, 2.45) is 17.8 Å². The van der Waals surface area contributed by atoms with Gasteiger partial charge in [0.05, 0.1) is 6.04 Å². The summed E-state index contributed by atoms with van der Waals surface area (Å²) >= 11 is 1.64. The number of carbonyl (C=O) groups excluding carboxylic acids is 2. The summed E-state index contributed by atoms with van der Waals surface area (Å²) in [4.78, 5) is 27.6. The zero-order valence-electron chi connectivity index (χ0n) is 18.6. The Kier molecular flexibility index (Phi) is 7.11. The lowest BCUT2D eigenvalue weighted by Crippen LogP contribution is -2.54. The van der Waals surface area contributed by atoms with Crippen molar-refractivity contribution >= 4 is 23.6 Å². The van der Waals surface area contributed by atoms with Crippen LogP contribution < -0.4 is 16.0 Å². The van der Waals surface area contributed by atoms with Gasteiger partial charge in [-0.15, -0.1) is 11.8 Å². The molecule has 0 aromatic rings. The number of amides is 2. The molecule has 4 aliphatic heterocycles. The van der Waals surface area contributed by atoms with Crippen LogP contribution in [-0.2, 0) is 14.3 Å². The fourth-order valence-electron chi connectivity index (χ4n) is 6.26. The number of nitrogens with one attached hydrogen (secondary N) is 3. The summed E-state index contributed by atoms with van der Waals surface area (Å²) < 4.78 is 46.3. The molecule has 11 heteroatoms. The Balaban J connectivity index is 1.14. The molecular weight excluding hydrogens is 457 g/mol. The molecule has 2 amide bonds. The molecule has 33 heavy (non-hydrogen) atoms. The summed E-state index contributed by atoms with van der Waals surface area (Å²) in [6.45, 7) is 2.38. The van der Waals surface area contributed by atoms with Crippen LogP contribution in [0.15, 0.2) is 0 Å². The van der Waals surface area contributed by atoms with Gasteiger partial charge in [0.1, 0.15) is 11.7 Å². The number of thioether (sulfide) groups is 1. The van der Waals surface area contributed by atoms with Crippen LogP contribution in [0, 0.1) is 17.8 Å². The third kappa shape index (κ3) is 5.01. The summed E-state index contributed by atoms with van der Waals surface area (Å²) in [7, 11) is 0. The van der Waals surface area contributed by atoms with Gasteiger partial charge in [-0.2, -0.15) is 0 Å². The maximum absolute atomic E-state index is 14.0. The topological polar surface area (TPSA) is 82.7 Å². The number of ether oxygens (including phenoxy) is 1. The van der Waals surface area contributed by atoms with Gasteiger partial charge in [0.15, 0.2) is 0 Å². The van der Waals surface area contributed by atoms with Gasteiger partial charge in [-0.3, -0.25) is 14.9 Å². The highest BCUT2D eigenvalue weighted by Gasteiger charge is 2.50. The first kappa shape index (κ1) is 23.7. The Morgan fingerprint density at radius 1 is 1.06 bits per heavy atom. The van der Waals surface area contributed by atoms with E-state index in [1.165, 1.54) is 0 Å². The second kappa shape index (κ2) is 9.91. The first-order valence-corrected chi connectivity index (χ1v) is 13.1. The molecule has 7 nitrogen and oxygen atoms in total. The van der Waals surface area contributed by atoms with E-state index in [1.807, 2.05) is 4.90 Å². The van der Waals surface area contributed by atoms with Crippen molar-refractivity contribution in [1.82, 2.24) is 20.9 Å². The number of carbonyl (C=O) groups is 2. The predicted octanol–water partition coefficient (Wildman–Crippen LogP) is 1.48. The quantitative estimate of drug-likeness (QED) is 0.554. The van der Waals surface area contributed by atoms with Crippen molar-refractivity contribution in [3.05, 3.63) is 0 Å². The molecule has 3 N–H and O–H groups in total. The Hall–Kier alpha value is -1.04. The minimum absolute atomic E-state index is 0.0141. The molecule has 0 aromatic heterocycles. The Morgan fingerprint density at radius 2 is 1.85 bits per heavy atom. The number of rotatable bonds is 4. The SMILES string of the molecule is O=C(NC1NC2CCN(C(=O)C3CC4C(CC(F)CC4C(F)F)N3)CC2S1)C1CCOCC1. The lowest BCUT2D eigenvalue weighted by atomic mass is 9.75. The number of hydrogen-bond acceptors (Lipinski definition) is 6. The third-order valence-corrected chi connectivity index (χ3v) is 9.42. The van der Waals surface area contributed by atoms with Crippen LogP contribution in [0.2, 0.25) is 0 Å². The van der Waals surface area contributed by atoms with E-state index in [4.69, 9.17) is 4.74 Å². The predicted molar refractivity (Wildman–Crippen MR) is 117 cm³/mol. The number of fused-ring (bicyclic) bond motifs is 2. The van der Waals surface area contributed by atoms with E-state index in [-0.39, 0.29) is 59.3 Å². The zero-order valence-corrected chi connectivity index (χ0v) is 19.4. The largest absolute Gasteiger partial charge is 0.381 e. The van der Waals surface area contributed by atoms with E-state index in [9.17, 15) is 22.8 Å². The van der Waals surface area contributed by atoms with Crippen molar-refractivity contribution in [3.63, 3.8) is 0 Å². The van der Waals surface area contributed by atoms with Gasteiger partial charge in [-0.25, -0.2) is 13.2 Å². The second-order valence-electron chi connectivity index (χ2n) is 10.1.